The number of alkyl halides is 1. The van der Waals surface area contributed by atoms with Gasteiger partial charge in [-0.05, 0) is 24.5 Å². The third kappa shape index (κ3) is 2.88. The minimum absolute atomic E-state index is 0.0287. The molecule has 1 aromatic rings. The highest BCUT2D eigenvalue weighted by Gasteiger charge is 2.31. The summed E-state index contributed by atoms with van der Waals surface area (Å²) in [4.78, 5) is 10.9. The van der Waals surface area contributed by atoms with Gasteiger partial charge in [-0.15, -0.1) is 0 Å². The number of nitrogens with one attached hydrogen (secondary N) is 1. The number of hydrogen-bond acceptors (Lipinski definition) is 2. The molecule has 98 valence electrons. The van der Waals surface area contributed by atoms with Gasteiger partial charge in [0.2, 0.25) is 0 Å². The Morgan fingerprint density at radius 3 is 2.89 bits per heavy atom. The van der Waals surface area contributed by atoms with Crippen LogP contribution >= 0.6 is 0 Å². The van der Waals surface area contributed by atoms with E-state index in [-0.39, 0.29) is 12.0 Å². The molecular formula is C14H18FNO2. The van der Waals surface area contributed by atoms with Crippen molar-refractivity contribution >= 4 is 5.97 Å². The fourth-order valence-electron chi connectivity index (χ4n) is 2.52. The summed E-state index contributed by atoms with van der Waals surface area (Å²) in [6, 6.07) is 7.71. The summed E-state index contributed by atoms with van der Waals surface area (Å²) < 4.78 is 13.1. The molecule has 3 atom stereocenters. The van der Waals surface area contributed by atoms with E-state index in [1.165, 1.54) is 0 Å². The molecule has 0 aliphatic carbocycles. The number of rotatable bonds is 4. The van der Waals surface area contributed by atoms with Crippen LogP contribution in [0, 0.1) is 5.92 Å². The topological polar surface area (TPSA) is 49.3 Å². The summed E-state index contributed by atoms with van der Waals surface area (Å²) in [5, 5.41) is 12.2. The maximum Gasteiger partial charge on any atom is 0.307 e. The third-order valence-corrected chi connectivity index (χ3v) is 3.41. The SMILES string of the molecule is CC(F)Cc1ccccc1C1CC(C(=O)O)CN1. The standard InChI is InChI=1S/C14H18FNO2/c1-9(15)6-10-4-2-3-5-12(10)13-7-11(8-16-13)14(17)18/h2-5,9,11,13,16H,6-8H2,1H3,(H,17,18). The van der Waals surface area contributed by atoms with Crippen LogP contribution in [-0.4, -0.2) is 23.8 Å². The van der Waals surface area contributed by atoms with Crippen molar-refractivity contribution in [3.05, 3.63) is 35.4 Å². The monoisotopic (exact) mass is 251 g/mol. The molecule has 2 N–H and O–H groups in total. The zero-order chi connectivity index (χ0) is 13.1. The van der Waals surface area contributed by atoms with E-state index in [0.717, 1.165) is 11.1 Å². The van der Waals surface area contributed by atoms with Crippen LogP contribution in [0.2, 0.25) is 0 Å². The molecule has 4 heteroatoms. The van der Waals surface area contributed by atoms with E-state index in [9.17, 15) is 9.18 Å². The molecule has 3 unspecified atom stereocenters. The molecule has 2 rings (SSSR count). The molecule has 1 aliphatic heterocycles. The largest absolute Gasteiger partial charge is 0.481 e. The van der Waals surface area contributed by atoms with Crippen molar-refractivity contribution in [3.8, 4) is 0 Å². The van der Waals surface area contributed by atoms with Crippen molar-refractivity contribution in [1.82, 2.24) is 5.32 Å². The maximum atomic E-state index is 13.1. The van der Waals surface area contributed by atoms with Gasteiger partial charge in [-0.25, -0.2) is 4.39 Å². The van der Waals surface area contributed by atoms with Crippen LogP contribution in [0.3, 0.4) is 0 Å². The quantitative estimate of drug-likeness (QED) is 0.863. The highest BCUT2D eigenvalue weighted by atomic mass is 19.1. The Morgan fingerprint density at radius 2 is 2.28 bits per heavy atom. The summed E-state index contributed by atoms with van der Waals surface area (Å²) in [7, 11) is 0. The smallest absolute Gasteiger partial charge is 0.307 e. The van der Waals surface area contributed by atoms with E-state index in [1.807, 2.05) is 24.3 Å². The van der Waals surface area contributed by atoms with Gasteiger partial charge in [-0.2, -0.15) is 0 Å². The molecule has 3 nitrogen and oxygen atoms in total. The first-order chi connectivity index (χ1) is 8.58. The van der Waals surface area contributed by atoms with Crippen molar-refractivity contribution in [1.29, 1.82) is 0 Å². The summed E-state index contributed by atoms with van der Waals surface area (Å²) >= 11 is 0. The van der Waals surface area contributed by atoms with E-state index in [0.29, 0.717) is 19.4 Å². The zero-order valence-electron chi connectivity index (χ0n) is 10.4. The van der Waals surface area contributed by atoms with E-state index >= 15 is 0 Å². The Bertz CT molecular complexity index is 434. The van der Waals surface area contributed by atoms with Crippen molar-refractivity contribution in [2.24, 2.45) is 5.92 Å². The van der Waals surface area contributed by atoms with Gasteiger partial charge in [-0.3, -0.25) is 4.79 Å². The van der Waals surface area contributed by atoms with Crippen molar-refractivity contribution < 1.29 is 14.3 Å². The number of carboxylic acid groups (broad SMARTS) is 1. The van der Waals surface area contributed by atoms with Crippen LogP contribution in [0.15, 0.2) is 24.3 Å². The highest BCUT2D eigenvalue weighted by molar-refractivity contribution is 5.70. The Balaban J connectivity index is 2.16. The van der Waals surface area contributed by atoms with E-state index < -0.39 is 12.1 Å². The van der Waals surface area contributed by atoms with Gasteiger partial charge in [0.1, 0.15) is 6.17 Å². The average Bonchev–Trinajstić information content (AvgIpc) is 2.78. The summed E-state index contributed by atoms with van der Waals surface area (Å²) in [6.45, 7) is 2.03. The molecule has 0 spiro atoms. The van der Waals surface area contributed by atoms with Crippen molar-refractivity contribution in [2.75, 3.05) is 6.54 Å². The first kappa shape index (κ1) is 13.0. The van der Waals surface area contributed by atoms with Crippen molar-refractivity contribution in [3.63, 3.8) is 0 Å². The molecule has 1 fully saturated rings. The molecule has 0 bridgehead atoms. The average molecular weight is 251 g/mol. The molecule has 0 amide bonds. The molecular weight excluding hydrogens is 233 g/mol. The molecule has 1 saturated heterocycles. The third-order valence-electron chi connectivity index (χ3n) is 3.41. The minimum atomic E-state index is -0.886. The summed E-state index contributed by atoms with van der Waals surface area (Å²) in [6.07, 6.45) is 0.0712. The molecule has 1 heterocycles. The lowest BCUT2D eigenvalue weighted by Gasteiger charge is -2.16. The lowest BCUT2D eigenvalue weighted by molar-refractivity contribution is -0.141. The highest BCUT2D eigenvalue weighted by Crippen LogP contribution is 2.30. The lowest BCUT2D eigenvalue weighted by Crippen LogP contribution is -2.18. The number of halogens is 1. The Hall–Kier alpha value is -1.42. The van der Waals surface area contributed by atoms with Gasteiger partial charge in [0.05, 0.1) is 5.92 Å². The predicted molar refractivity (Wildman–Crippen MR) is 67.2 cm³/mol. The number of aliphatic carboxylic acids is 1. The predicted octanol–water partition coefficient (Wildman–Crippen LogP) is 2.32. The van der Waals surface area contributed by atoms with Crippen LogP contribution in [0.25, 0.3) is 0 Å². The number of benzene rings is 1. The molecule has 1 aromatic carbocycles. The van der Waals surface area contributed by atoms with Crippen LogP contribution < -0.4 is 5.32 Å². The zero-order valence-corrected chi connectivity index (χ0v) is 10.4. The Morgan fingerprint density at radius 1 is 1.56 bits per heavy atom. The van der Waals surface area contributed by atoms with Gasteiger partial charge in [0, 0.05) is 19.0 Å². The lowest BCUT2D eigenvalue weighted by atomic mass is 9.94. The second-order valence-electron chi connectivity index (χ2n) is 4.92. The van der Waals surface area contributed by atoms with Gasteiger partial charge in [-0.1, -0.05) is 24.3 Å². The Kier molecular flexibility index (Phi) is 3.97. The fourth-order valence-corrected chi connectivity index (χ4v) is 2.52. The minimum Gasteiger partial charge on any atom is -0.481 e. The second-order valence-corrected chi connectivity index (χ2v) is 4.92. The van der Waals surface area contributed by atoms with E-state index in [1.54, 1.807) is 6.92 Å². The second kappa shape index (κ2) is 5.48. The Labute approximate surface area is 106 Å². The number of hydrogen-bond donors (Lipinski definition) is 2. The van der Waals surface area contributed by atoms with Gasteiger partial charge >= 0.3 is 5.97 Å². The van der Waals surface area contributed by atoms with Crippen LogP contribution in [0.4, 0.5) is 4.39 Å². The van der Waals surface area contributed by atoms with Crippen LogP contribution in [0.5, 0.6) is 0 Å². The van der Waals surface area contributed by atoms with Gasteiger partial charge in [0.15, 0.2) is 0 Å². The van der Waals surface area contributed by atoms with E-state index in [4.69, 9.17) is 5.11 Å². The van der Waals surface area contributed by atoms with E-state index in [2.05, 4.69) is 5.32 Å². The number of carbonyl (C=O) groups is 1. The molecule has 1 aliphatic rings. The van der Waals surface area contributed by atoms with Crippen molar-refractivity contribution in [2.45, 2.75) is 32.0 Å². The maximum absolute atomic E-state index is 13.1. The summed E-state index contributed by atoms with van der Waals surface area (Å²) in [5.74, 6) is -1.10. The normalized spacial score (nSPS) is 25.0. The molecule has 18 heavy (non-hydrogen) atoms. The molecule has 0 radical (unpaired) electrons. The van der Waals surface area contributed by atoms with Crippen LogP contribution in [0.1, 0.15) is 30.5 Å². The van der Waals surface area contributed by atoms with Gasteiger partial charge < -0.3 is 10.4 Å². The summed E-state index contributed by atoms with van der Waals surface area (Å²) in [5.41, 5.74) is 2.00. The molecule has 0 saturated carbocycles. The van der Waals surface area contributed by atoms with Gasteiger partial charge in [0.25, 0.3) is 0 Å². The fraction of sp³-hybridized carbons (Fsp3) is 0.500. The first-order valence-corrected chi connectivity index (χ1v) is 6.26. The molecule has 0 aromatic heterocycles. The number of carboxylic acids is 1. The first-order valence-electron chi connectivity index (χ1n) is 6.26. The van der Waals surface area contributed by atoms with Crippen LogP contribution in [-0.2, 0) is 11.2 Å².